The number of aromatic nitrogens is 3. The molecule has 0 radical (unpaired) electrons. The van der Waals surface area contributed by atoms with E-state index in [0.717, 1.165) is 33.8 Å². The molecule has 3 nitrogen and oxygen atoms in total. The summed E-state index contributed by atoms with van der Waals surface area (Å²) in [4.78, 5) is 4.28. The Bertz CT molecular complexity index is 670. The Morgan fingerprint density at radius 3 is 2.89 bits per heavy atom. The summed E-state index contributed by atoms with van der Waals surface area (Å²) in [6, 6.07) is 8.24. The van der Waals surface area contributed by atoms with Crippen LogP contribution in [0.2, 0.25) is 0 Å². The molecule has 0 aliphatic rings. The lowest BCUT2D eigenvalue weighted by Crippen LogP contribution is -1.83. The molecular weight excluding hydrogens is 242 g/mol. The lowest BCUT2D eigenvalue weighted by atomic mass is 10.1. The number of hydrogen-bond donors (Lipinski definition) is 0. The van der Waals surface area contributed by atoms with E-state index in [9.17, 15) is 0 Å². The summed E-state index contributed by atoms with van der Waals surface area (Å²) >= 11 is 1.66. The fourth-order valence-corrected chi connectivity index (χ4v) is 2.93. The molecule has 3 rings (SSSR count). The van der Waals surface area contributed by atoms with Crippen LogP contribution >= 0.6 is 11.3 Å². The zero-order chi connectivity index (χ0) is 12.4. The fourth-order valence-electron chi connectivity index (χ4n) is 1.96. The molecule has 0 fully saturated rings. The molecule has 2 aromatic heterocycles. The lowest BCUT2D eigenvalue weighted by molar-refractivity contribution is 0.879. The van der Waals surface area contributed by atoms with Crippen molar-refractivity contribution in [1.82, 2.24) is 15.2 Å². The van der Waals surface area contributed by atoms with Gasteiger partial charge in [0.25, 0.3) is 0 Å². The standard InChI is InChI=1S/C14H13N3S/c1-2-5-13-16-17-14(18-13)12-9-15-8-10-6-3-4-7-11(10)12/h3-4,6-9H,2,5H2,1H3. The maximum atomic E-state index is 4.28. The first-order chi connectivity index (χ1) is 8.88. The summed E-state index contributed by atoms with van der Waals surface area (Å²) in [5, 5.41) is 12.9. The van der Waals surface area contributed by atoms with Crippen LogP contribution in [0.5, 0.6) is 0 Å². The van der Waals surface area contributed by atoms with E-state index in [2.05, 4.69) is 34.2 Å². The van der Waals surface area contributed by atoms with Crippen LogP contribution in [0.15, 0.2) is 36.7 Å². The predicted molar refractivity (Wildman–Crippen MR) is 74.6 cm³/mol. The van der Waals surface area contributed by atoms with Crippen LogP contribution in [0, 0.1) is 0 Å². The first-order valence-corrected chi connectivity index (χ1v) is 6.85. The van der Waals surface area contributed by atoms with Crippen LogP contribution in [0.1, 0.15) is 18.4 Å². The van der Waals surface area contributed by atoms with Gasteiger partial charge in [-0.25, -0.2) is 0 Å². The van der Waals surface area contributed by atoms with Crippen molar-refractivity contribution in [3.05, 3.63) is 41.7 Å². The molecule has 0 N–H and O–H groups in total. The minimum absolute atomic E-state index is 0.961. The topological polar surface area (TPSA) is 38.7 Å². The number of hydrogen-bond acceptors (Lipinski definition) is 4. The zero-order valence-corrected chi connectivity index (χ0v) is 10.9. The second kappa shape index (κ2) is 4.82. The fraction of sp³-hybridized carbons (Fsp3) is 0.214. The van der Waals surface area contributed by atoms with Gasteiger partial charge in [-0.05, 0) is 11.8 Å². The monoisotopic (exact) mass is 255 g/mol. The van der Waals surface area contributed by atoms with E-state index >= 15 is 0 Å². The minimum atomic E-state index is 0.961. The molecule has 0 saturated heterocycles. The molecule has 0 unspecified atom stereocenters. The molecule has 1 aromatic carbocycles. The summed E-state index contributed by atoms with van der Waals surface area (Å²) < 4.78 is 0. The highest BCUT2D eigenvalue weighted by Crippen LogP contribution is 2.29. The van der Waals surface area contributed by atoms with Crippen molar-refractivity contribution >= 4 is 22.1 Å². The maximum Gasteiger partial charge on any atom is 0.149 e. The Balaban J connectivity index is 2.12. The molecule has 0 bridgehead atoms. The highest BCUT2D eigenvalue weighted by Gasteiger charge is 2.09. The van der Waals surface area contributed by atoms with Crippen molar-refractivity contribution in [2.45, 2.75) is 19.8 Å². The molecule has 2 heterocycles. The molecule has 3 aromatic rings. The first-order valence-electron chi connectivity index (χ1n) is 6.04. The molecule has 90 valence electrons. The summed E-state index contributed by atoms with van der Waals surface area (Å²) in [6.45, 7) is 2.15. The van der Waals surface area contributed by atoms with Gasteiger partial charge in [0, 0.05) is 29.8 Å². The molecule has 18 heavy (non-hydrogen) atoms. The summed E-state index contributed by atoms with van der Waals surface area (Å²) in [5.74, 6) is 0. The highest BCUT2D eigenvalue weighted by molar-refractivity contribution is 7.14. The van der Waals surface area contributed by atoms with Crippen molar-refractivity contribution < 1.29 is 0 Å². The molecule has 0 aliphatic heterocycles. The van der Waals surface area contributed by atoms with Gasteiger partial charge in [0.1, 0.15) is 10.0 Å². The number of fused-ring (bicyclic) bond motifs is 1. The SMILES string of the molecule is CCCc1nnc(-c2cncc3ccccc23)s1. The van der Waals surface area contributed by atoms with Gasteiger partial charge in [0.05, 0.1) is 0 Å². The van der Waals surface area contributed by atoms with E-state index in [0.29, 0.717) is 0 Å². The van der Waals surface area contributed by atoms with Gasteiger partial charge in [-0.2, -0.15) is 0 Å². The largest absolute Gasteiger partial charge is 0.263 e. The Kier molecular flexibility index (Phi) is 3.02. The van der Waals surface area contributed by atoms with Gasteiger partial charge < -0.3 is 0 Å². The van der Waals surface area contributed by atoms with Crippen LogP contribution in [-0.2, 0) is 6.42 Å². The summed E-state index contributed by atoms with van der Waals surface area (Å²) in [5.41, 5.74) is 1.08. The number of pyridine rings is 1. The van der Waals surface area contributed by atoms with Crippen molar-refractivity contribution in [2.24, 2.45) is 0 Å². The Morgan fingerprint density at radius 1 is 1.11 bits per heavy atom. The number of aryl methyl sites for hydroxylation is 1. The van der Waals surface area contributed by atoms with Gasteiger partial charge in [-0.3, -0.25) is 4.98 Å². The van der Waals surface area contributed by atoms with Crippen LogP contribution in [-0.4, -0.2) is 15.2 Å². The van der Waals surface area contributed by atoms with E-state index in [-0.39, 0.29) is 0 Å². The quantitative estimate of drug-likeness (QED) is 0.716. The zero-order valence-electron chi connectivity index (χ0n) is 10.1. The van der Waals surface area contributed by atoms with Crippen molar-refractivity contribution in [3.63, 3.8) is 0 Å². The third-order valence-corrected chi connectivity index (χ3v) is 3.85. The molecule has 0 aliphatic carbocycles. The van der Waals surface area contributed by atoms with Crippen molar-refractivity contribution in [3.8, 4) is 10.6 Å². The smallest absolute Gasteiger partial charge is 0.149 e. The first kappa shape index (κ1) is 11.3. The average Bonchev–Trinajstić information content (AvgIpc) is 2.87. The van der Waals surface area contributed by atoms with Crippen LogP contribution in [0.25, 0.3) is 21.3 Å². The van der Waals surface area contributed by atoms with E-state index in [4.69, 9.17) is 0 Å². The molecule has 0 saturated carbocycles. The van der Waals surface area contributed by atoms with Gasteiger partial charge in [-0.1, -0.05) is 42.5 Å². The number of benzene rings is 1. The molecule has 0 spiro atoms. The normalized spacial score (nSPS) is 10.9. The van der Waals surface area contributed by atoms with Crippen LogP contribution < -0.4 is 0 Å². The second-order valence-corrected chi connectivity index (χ2v) is 5.22. The van der Waals surface area contributed by atoms with Crippen LogP contribution in [0.4, 0.5) is 0 Å². The predicted octanol–water partition coefficient (Wildman–Crippen LogP) is 3.71. The van der Waals surface area contributed by atoms with Crippen LogP contribution in [0.3, 0.4) is 0 Å². The third kappa shape index (κ3) is 1.99. The highest BCUT2D eigenvalue weighted by atomic mass is 32.1. The molecular formula is C14H13N3S. The Morgan fingerprint density at radius 2 is 2.00 bits per heavy atom. The van der Waals surface area contributed by atoms with Gasteiger partial charge in [0.15, 0.2) is 0 Å². The Hall–Kier alpha value is -1.81. The summed E-state index contributed by atoms with van der Waals surface area (Å²) in [7, 11) is 0. The van der Waals surface area contributed by atoms with Gasteiger partial charge >= 0.3 is 0 Å². The van der Waals surface area contributed by atoms with Gasteiger partial charge in [0.2, 0.25) is 0 Å². The second-order valence-electron chi connectivity index (χ2n) is 4.16. The lowest BCUT2D eigenvalue weighted by Gasteiger charge is -2.01. The van der Waals surface area contributed by atoms with Crippen molar-refractivity contribution in [1.29, 1.82) is 0 Å². The number of rotatable bonds is 3. The molecule has 0 amide bonds. The van der Waals surface area contributed by atoms with E-state index < -0.39 is 0 Å². The van der Waals surface area contributed by atoms with E-state index in [1.54, 1.807) is 11.3 Å². The van der Waals surface area contributed by atoms with Crippen molar-refractivity contribution in [2.75, 3.05) is 0 Å². The third-order valence-electron chi connectivity index (χ3n) is 2.83. The van der Waals surface area contributed by atoms with E-state index in [1.807, 2.05) is 24.5 Å². The average molecular weight is 255 g/mol. The Labute approximate surface area is 110 Å². The summed E-state index contributed by atoms with van der Waals surface area (Å²) in [6.07, 6.45) is 5.85. The minimum Gasteiger partial charge on any atom is -0.263 e. The van der Waals surface area contributed by atoms with E-state index in [1.165, 1.54) is 5.39 Å². The maximum absolute atomic E-state index is 4.28. The van der Waals surface area contributed by atoms with Gasteiger partial charge in [-0.15, -0.1) is 10.2 Å². The molecule has 4 heteroatoms. The molecule has 0 atom stereocenters. The number of nitrogens with zero attached hydrogens (tertiary/aromatic N) is 3.